The van der Waals surface area contributed by atoms with Gasteiger partial charge in [0.2, 0.25) is 5.91 Å². The first kappa shape index (κ1) is 45.7. The van der Waals surface area contributed by atoms with Crippen molar-refractivity contribution in [2.24, 2.45) is 5.92 Å². The van der Waals surface area contributed by atoms with Crippen molar-refractivity contribution in [3.8, 4) is 22.5 Å². The van der Waals surface area contributed by atoms with Gasteiger partial charge >= 0.3 is 17.8 Å². The molecule has 0 spiro atoms. The number of rotatable bonds is 13. The average molecular weight is 910 g/mol. The number of nitrogens with zero attached hydrogens (tertiary/aromatic N) is 9. The Kier molecular flexibility index (Phi) is 13.0. The Labute approximate surface area is 391 Å². The zero-order chi connectivity index (χ0) is 47.0. The molecule has 3 aliphatic heterocycles. The molecule has 67 heavy (non-hydrogen) atoms. The van der Waals surface area contributed by atoms with E-state index in [0.29, 0.717) is 30.7 Å². The Morgan fingerprint density at radius 1 is 0.925 bits per heavy atom. The molecule has 0 aliphatic carbocycles. The van der Waals surface area contributed by atoms with E-state index in [1.165, 1.54) is 5.69 Å². The molecule has 2 aromatic carbocycles. The number of aromatic nitrogens is 7. The molecule has 1 atom stereocenters. The number of nitrogens with one attached hydrogen (secondary N) is 4. The Balaban J connectivity index is 0.751. The third kappa shape index (κ3) is 9.84. The molecule has 0 unspecified atom stereocenters. The Hall–Kier alpha value is -6.46. The number of urea groups is 1. The summed E-state index contributed by atoms with van der Waals surface area (Å²) in [5, 5.41) is 19.2. The van der Waals surface area contributed by atoms with Crippen molar-refractivity contribution in [2.45, 2.75) is 98.1 Å². The second-order valence-corrected chi connectivity index (χ2v) is 19.6. The number of benzene rings is 2. The van der Waals surface area contributed by atoms with Crippen LogP contribution in [-0.4, -0.2) is 110 Å². The maximum absolute atomic E-state index is 13.0. The minimum Gasteiger partial charge on any atom is -0.372 e. The van der Waals surface area contributed by atoms with Crippen molar-refractivity contribution in [1.82, 2.24) is 55.7 Å². The molecular weight excluding hydrogens is 847 g/mol. The van der Waals surface area contributed by atoms with Crippen LogP contribution in [0.2, 0.25) is 0 Å². The van der Waals surface area contributed by atoms with Crippen LogP contribution in [0.1, 0.15) is 111 Å². The molecule has 7 heterocycles. The highest BCUT2D eigenvalue weighted by molar-refractivity contribution is 6.05. The van der Waals surface area contributed by atoms with Crippen LogP contribution >= 0.6 is 0 Å². The maximum Gasteiger partial charge on any atom is 0.328 e. The van der Waals surface area contributed by atoms with Gasteiger partial charge in [-0.3, -0.25) is 24.5 Å². The number of likely N-dealkylation sites (tertiary alicyclic amines) is 1. The van der Waals surface area contributed by atoms with E-state index in [0.717, 1.165) is 133 Å². The number of carbonyl (C=O) groups excluding carboxylic acids is 3. The monoisotopic (exact) mass is 910 g/mol. The van der Waals surface area contributed by atoms with Gasteiger partial charge in [-0.1, -0.05) is 38.1 Å². The molecule has 0 radical (unpaired) electrons. The maximum atomic E-state index is 13.0. The predicted molar refractivity (Wildman–Crippen MR) is 258 cm³/mol. The lowest BCUT2D eigenvalue weighted by atomic mass is 9.96. The van der Waals surface area contributed by atoms with Crippen LogP contribution in [0.4, 0.5) is 16.2 Å². The largest absolute Gasteiger partial charge is 0.372 e. The van der Waals surface area contributed by atoms with Crippen molar-refractivity contribution in [3.63, 3.8) is 0 Å². The summed E-state index contributed by atoms with van der Waals surface area (Å²) in [6, 6.07) is 16.2. The first-order valence-electron chi connectivity index (χ1n) is 23.8. The smallest absolute Gasteiger partial charge is 0.328 e. The summed E-state index contributed by atoms with van der Waals surface area (Å²) < 4.78 is 7.52. The van der Waals surface area contributed by atoms with Gasteiger partial charge in [0.05, 0.1) is 29.2 Å². The van der Waals surface area contributed by atoms with Crippen LogP contribution in [0.5, 0.6) is 0 Å². The average Bonchev–Trinajstić information content (AvgIpc) is 4.06. The third-order valence-electron chi connectivity index (χ3n) is 13.8. The molecule has 6 aromatic rings. The molecule has 4 N–H and O–H groups in total. The summed E-state index contributed by atoms with van der Waals surface area (Å²) in [5.41, 5.74) is 10.5. The number of hydrogen-bond donors (Lipinski definition) is 4. The zero-order valence-corrected chi connectivity index (χ0v) is 39.8. The molecule has 0 saturated carbocycles. The molecule has 17 heteroatoms. The number of aromatic amines is 1. The summed E-state index contributed by atoms with van der Waals surface area (Å²) in [6.07, 6.45) is 6.34. The van der Waals surface area contributed by atoms with E-state index in [1.807, 2.05) is 58.9 Å². The second-order valence-electron chi connectivity index (χ2n) is 19.6. The van der Waals surface area contributed by atoms with E-state index < -0.39 is 5.91 Å². The van der Waals surface area contributed by atoms with Crippen LogP contribution in [0.15, 0.2) is 59.4 Å². The molecular formula is C50H63N13O4. The Morgan fingerprint density at radius 2 is 1.67 bits per heavy atom. The first-order chi connectivity index (χ1) is 32.2. The zero-order valence-electron chi connectivity index (χ0n) is 39.8. The van der Waals surface area contributed by atoms with Crippen molar-refractivity contribution in [2.75, 3.05) is 62.2 Å². The quantitative estimate of drug-likeness (QED) is 0.0855. The van der Waals surface area contributed by atoms with Gasteiger partial charge in [0.1, 0.15) is 12.0 Å². The highest BCUT2D eigenvalue weighted by Gasteiger charge is 2.29. The van der Waals surface area contributed by atoms with E-state index in [2.05, 4.69) is 88.7 Å². The molecule has 3 saturated heterocycles. The SMILES string of the molecule is Cc1cc(-c2ncnc3[nH]c(-c4c(C)nn(C5CCN(CCNCC6CCN(c7ccc(N8CCC(=O)NC8=O)cc7)CC6)CC5)c4C)cc23)ccc1[C@@H](C)NC(=O)c1nc(C(C)(C)C)no1. The van der Waals surface area contributed by atoms with E-state index in [4.69, 9.17) is 14.6 Å². The van der Waals surface area contributed by atoms with E-state index in [1.54, 1.807) is 11.2 Å². The molecule has 352 valence electrons. The van der Waals surface area contributed by atoms with Crippen LogP contribution < -0.4 is 25.8 Å². The summed E-state index contributed by atoms with van der Waals surface area (Å²) in [7, 11) is 0. The minimum atomic E-state index is -0.407. The van der Waals surface area contributed by atoms with Crippen molar-refractivity contribution >= 4 is 40.3 Å². The van der Waals surface area contributed by atoms with E-state index >= 15 is 0 Å². The lowest BCUT2D eigenvalue weighted by Crippen LogP contribution is -2.49. The van der Waals surface area contributed by atoms with Crippen LogP contribution in [0, 0.1) is 26.7 Å². The summed E-state index contributed by atoms with van der Waals surface area (Å²) >= 11 is 0. The molecule has 3 fully saturated rings. The van der Waals surface area contributed by atoms with Crippen molar-refractivity contribution in [3.05, 3.63) is 89.1 Å². The lowest BCUT2D eigenvalue weighted by molar-refractivity contribution is -0.120. The molecule has 4 aromatic heterocycles. The fraction of sp³-hybridized carbons (Fsp3) is 0.480. The highest BCUT2D eigenvalue weighted by atomic mass is 16.5. The topological polar surface area (TPSA) is 195 Å². The molecule has 4 amide bonds. The predicted octanol–water partition coefficient (Wildman–Crippen LogP) is 7.17. The second kappa shape index (κ2) is 19.0. The number of fused-ring (bicyclic) bond motifs is 1. The third-order valence-corrected chi connectivity index (χ3v) is 13.8. The van der Waals surface area contributed by atoms with Gasteiger partial charge in [0, 0.05) is 91.2 Å². The Morgan fingerprint density at radius 3 is 2.37 bits per heavy atom. The normalized spacial score (nSPS) is 17.4. The molecule has 17 nitrogen and oxygen atoms in total. The van der Waals surface area contributed by atoms with Crippen LogP contribution in [0.25, 0.3) is 33.5 Å². The summed E-state index contributed by atoms with van der Waals surface area (Å²) in [6.45, 7) is 21.8. The van der Waals surface area contributed by atoms with Gasteiger partial charge in [-0.05, 0) is 113 Å². The number of imide groups is 1. The summed E-state index contributed by atoms with van der Waals surface area (Å²) in [5.74, 6) is 0.475. The van der Waals surface area contributed by atoms with Crippen molar-refractivity contribution < 1.29 is 18.9 Å². The van der Waals surface area contributed by atoms with Gasteiger partial charge in [0.25, 0.3) is 0 Å². The number of aryl methyl sites for hydroxylation is 2. The van der Waals surface area contributed by atoms with Crippen LogP contribution in [0.3, 0.4) is 0 Å². The van der Waals surface area contributed by atoms with Gasteiger partial charge in [0.15, 0.2) is 5.82 Å². The number of H-pyrrole nitrogens is 1. The Bertz CT molecular complexity index is 2750. The summed E-state index contributed by atoms with van der Waals surface area (Å²) in [4.78, 5) is 60.7. The van der Waals surface area contributed by atoms with Gasteiger partial charge in [-0.15, -0.1) is 0 Å². The molecule has 3 aliphatic rings. The fourth-order valence-corrected chi connectivity index (χ4v) is 9.96. The first-order valence-corrected chi connectivity index (χ1v) is 23.8. The molecule has 0 bridgehead atoms. The van der Waals surface area contributed by atoms with Crippen LogP contribution in [-0.2, 0) is 10.2 Å². The van der Waals surface area contributed by atoms with E-state index in [9.17, 15) is 14.4 Å². The number of carbonyl (C=O) groups is 3. The fourth-order valence-electron chi connectivity index (χ4n) is 9.96. The molecule has 9 rings (SSSR count). The standard InChI is InChI=1S/C50H63N13O4/c1-30-26-35(8-13-39(30)31(2)54-46(65)47-57-48(59-67-47)50(5,6)7)44-40-27-41(55-45(40)53-29-52-44)43-32(3)58-63(33(43)4)38-16-20-60(21-17-38)25-19-51-28-34-14-22-61(23-15-34)36-9-11-37(12-10-36)62-24-18-42(64)56-49(62)66/h8-13,26-27,29,31,34,38,51H,14-25,28H2,1-7H3,(H,54,65)(H,52,53,55)(H,56,64,66)/t31-/m1/s1. The number of piperidine rings is 2. The van der Waals surface area contributed by atoms with Gasteiger partial charge in [-0.2, -0.15) is 10.1 Å². The van der Waals surface area contributed by atoms with Gasteiger partial charge in [-0.25, -0.2) is 14.8 Å². The van der Waals surface area contributed by atoms with Gasteiger partial charge < -0.3 is 29.9 Å². The van der Waals surface area contributed by atoms with Crippen molar-refractivity contribution in [1.29, 1.82) is 0 Å². The number of anilines is 2. The number of hydrogen-bond acceptors (Lipinski definition) is 12. The lowest BCUT2D eigenvalue weighted by Gasteiger charge is -2.35. The minimum absolute atomic E-state index is 0.0466. The highest BCUT2D eigenvalue weighted by Crippen LogP contribution is 2.36. The van der Waals surface area contributed by atoms with E-state index in [-0.39, 0.29) is 29.3 Å². The number of amides is 4.